The molecule has 9 nitrogen and oxygen atoms in total. The summed E-state index contributed by atoms with van der Waals surface area (Å²) >= 11 is 3.53. The molecule has 1 aliphatic heterocycles. The molecule has 5 atom stereocenters. The summed E-state index contributed by atoms with van der Waals surface area (Å²) in [6.45, 7) is -0.418. The standard InChI is InChI=1S/C50H35BrO9/c51-46-45(60-50(55)41-24-20-33-12-4-8-16-37(33)28-41)44(59-49(54)40-23-19-32-11-3-7-15-36(32)27-40)43(58-48(53)39-22-18-31-10-2-6-14-35(31)26-39)42(57-46)29-56-47(52)38-21-17-30-9-1-5-13-34(30)25-38/h1-28,42-46H,29H2/t42-,43-,44+,45-,46+/m1/s1. The summed E-state index contributed by atoms with van der Waals surface area (Å²) in [6, 6.07) is 50.9. The molecule has 9 rings (SSSR count). The Kier molecular flexibility index (Phi) is 10.8. The van der Waals surface area contributed by atoms with Gasteiger partial charge in [0.05, 0.1) is 22.3 Å². The number of hydrogen-bond donors (Lipinski definition) is 0. The molecule has 0 saturated carbocycles. The zero-order valence-electron chi connectivity index (χ0n) is 31.8. The van der Waals surface area contributed by atoms with Crippen LogP contribution >= 0.6 is 15.9 Å². The van der Waals surface area contributed by atoms with E-state index in [9.17, 15) is 19.2 Å². The second kappa shape index (κ2) is 16.8. The molecule has 0 aliphatic carbocycles. The minimum atomic E-state index is -1.46. The van der Waals surface area contributed by atoms with Crippen molar-refractivity contribution in [3.05, 3.63) is 192 Å². The van der Waals surface area contributed by atoms with Gasteiger partial charge in [-0.05, 0) is 91.6 Å². The molecule has 10 heteroatoms. The molecule has 8 aromatic carbocycles. The van der Waals surface area contributed by atoms with Crippen LogP contribution in [0.15, 0.2) is 170 Å². The number of benzene rings is 8. The fraction of sp³-hybridized carbons (Fsp3) is 0.120. The third kappa shape index (κ3) is 8.07. The predicted octanol–water partition coefficient (Wildman–Crippen LogP) is 10.3. The van der Waals surface area contributed by atoms with Gasteiger partial charge in [0, 0.05) is 0 Å². The molecule has 1 saturated heterocycles. The van der Waals surface area contributed by atoms with E-state index < -0.39 is 59.9 Å². The van der Waals surface area contributed by atoms with E-state index in [1.807, 2.05) is 103 Å². The van der Waals surface area contributed by atoms with E-state index in [1.165, 1.54) is 0 Å². The Morgan fingerprint density at radius 1 is 0.400 bits per heavy atom. The van der Waals surface area contributed by atoms with Crippen LogP contribution in [0.2, 0.25) is 0 Å². The van der Waals surface area contributed by atoms with Crippen LogP contribution in [-0.2, 0) is 23.7 Å². The van der Waals surface area contributed by atoms with E-state index in [0.29, 0.717) is 5.56 Å². The number of esters is 4. The van der Waals surface area contributed by atoms with Crippen LogP contribution in [0.5, 0.6) is 0 Å². The molecule has 0 amide bonds. The highest BCUT2D eigenvalue weighted by molar-refractivity contribution is 9.09. The number of hydrogen-bond acceptors (Lipinski definition) is 9. The van der Waals surface area contributed by atoms with E-state index in [2.05, 4.69) is 15.9 Å². The average molecular weight is 860 g/mol. The molecule has 8 aromatic rings. The molecule has 0 aromatic heterocycles. The zero-order valence-corrected chi connectivity index (χ0v) is 33.4. The maximum absolute atomic E-state index is 14.2. The highest BCUT2D eigenvalue weighted by Gasteiger charge is 2.52. The zero-order chi connectivity index (χ0) is 41.2. The van der Waals surface area contributed by atoms with Crippen LogP contribution in [0, 0.1) is 0 Å². The molecule has 0 radical (unpaired) electrons. The van der Waals surface area contributed by atoms with Crippen LogP contribution in [0.4, 0.5) is 0 Å². The molecular formula is C50H35BrO9. The lowest BCUT2D eigenvalue weighted by Crippen LogP contribution is -2.61. The molecule has 60 heavy (non-hydrogen) atoms. The molecule has 0 spiro atoms. The van der Waals surface area contributed by atoms with Crippen molar-refractivity contribution in [3.63, 3.8) is 0 Å². The summed E-state index contributed by atoms with van der Waals surface area (Å²) in [5.74, 6) is -2.91. The minimum Gasteiger partial charge on any atom is -0.459 e. The molecule has 1 heterocycles. The van der Waals surface area contributed by atoms with Gasteiger partial charge in [0.1, 0.15) is 12.7 Å². The first-order valence-corrected chi connectivity index (χ1v) is 20.2. The third-order valence-corrected chi connectivity index (χ3v) is 11.4. The van der Waals surface area contributed by atoms with Gasteiger partial charge in [-0.3, -0.25) is 0 Å². The maximum atomic E-state index is 14.2. The topological polar surface area (TPSA) is 114 Å². The van der Waals surface area contributed by atoms with Crippen LogP contribution in [0.1, 0.15) is 41.4 Å². The van der Waals surface area contributed by atoms with E-state index in [0.717, 1.165) is 43.1 Å². The van der Waals surface area contributed by atoms with E-state index in [-0.39, 0.29) is 16.7 Å². The van der Waals surface area contributed by atoms with Crippen molar-refractivity contribution in [2.75, 3.05) is 6.61 Å². The van der Waals surface area contributed by atoms with E-state index >= 15 is 0 Å². The number of rotatable bonds is 9. The minimum absolute atomic E-state index is 0.213. The van der Waals surface area contributed by atoms with Gasteiger partial charge < -0.3 is 23.7 Å². The fourth-order valence-electron chi connectivity index (χ4n) is 7.48. The highest BCUT2D eigenvalue weighted by atomic mass is 79.9. The number of fused-ring (bicyclic) bond motifs is 4. The van der Waals surface area contributed by atoms with Crippen LogP contribution in [-0.4, -0.2) is 59.9 Å². The first-order valence-electron chi connectivity index (χ1n) is 19.3. The van der Waals surface area contributed by atoms with Gasteiger partial charge in [0.2, 0.25) is 0 Å². The Morgan fingerprint density at radius 2 is 0.717 bits per heavy atom. The van der Waals surface area contributed by atoms with E-state index in [4.69, 9.17) is 23.7 Å². The number of alkyl halides is 1. The largest absolute Gasteiger partial charge is 0.459 e. The summed E-state index contributed by atoms with van der Waals surface area (Å²) in [5, 5.41) is 5.86. The lowest BCUT2D eigenvalue weighted by Gasteiger charge is -2.43. The molecular weight excluding hydrogens is 824 g/mol. The fourth-order valence-corrected chi connectivity index (χ4v) is 8.17. The van der Waals surface area contributed by atoms with Gasteiger partial charge in [-0.1, -0.05) is 137 Å². The Morgan fingerprint density at radius 3 is 1.10 bits per heavy atom. The molecule has 296 valence electrons. The van der Waals surface area contributed by atoms with Crippen molar-refractivity contribution >= 4 is 82.9 Å². The number of carbonyl (C=O) groups is 4. The van der Waals surface area contributed by atoms with Gasteiger partial charge in [0.25, 0.3) is 0 Å². The summed E-state index contributed by atoms with van der Waals surface area (Å²) in [4.78, 5) is 55.8. The highest BCUT2D eigenvalue weighted by Crippen LogP contribution is 2.34. The Labute approximate surface area is 352 Å². The Balaban J connectivity index is 1.07. The quantitative estimate of drug-likeness (QED) is 0.0795. The average Bonchev–Trinajstić information content (AvgIpc) is 3.29. The second-order valence-corrected chi connectivity index (χ2v) is 15.4. The van der Waals surface area contributed by atoms with Gasteiger partial charge in [-0.15, -0.1) is 0 Å². The lowest BCUT2D eigenvalue weighted by molar-refractivity contribution is -0.205. The molecule has 1 aliphatic rings. The van der Waals surface area contributed by atoms with Gasteiger partial charge in [0.15, 0.2) is 23.3 Å². The third-order valence-electron chi connectivity index (χ3n) is 10.6. The van der Waals surface area contributed by atoms with Crippen molar-refractivity contribution in [1.29, 1.82) is 0 Å². The van der Waals surface area contributed by atoms with Gasteiger partial charge in [-0.2, -0.15) is 0 Å². The SMILES string of the molecule is O=C(OC[C@H]1O[C@H](Br)[C@H](OC(=O)c2ccc3ccccc3c2)[C@@H](OC(=O)c2ccc3ccccc3c2)[C@@H]1OC(=O)c1ccc2ccccc2c1)c1ccc2ccccc2c1. The second-order valence-electron chi connectivity index (χ2n) is 14.5. The van der Waals surface area contributed by atoms with Crippen LogP contribution < -0.4 is 0 Å². The van der Waals surface area contributed by atoms with Crippen molar-refractivity contribution in [3.8, 4) is 0 Å². The molecule has 0 N–H and O–H groups in total. The van der Waals surface area contributed by atoms with Crippen LogP contribution in [0.25, 0.3) is 43.1 Å². The molecule has 0 bridgehead atoms. The normalized spacial score (nSPS) is 18.9. The summed E-state index contributed by atoms with van der Waals surface area (Å²) in [7, 11) is 0. The maximum Gasteiger partial charge on any atom is 0.338 e. The monoisotopic (exact) mass is 858 g/mol. The van der Waals surface area contributed by atoms with E-state index in [1.54, 1.807) is 66.7 Å². The molecule has 1 fully saturated rings. The predicted molar refractivity (Wildman–Crippen MR) is 231 cm³/mol. The smallest absolute Gasteiger partial charge is 0.338 e. The van der Waals surface area contributed by atoms with Gasteiger partial charge >= 0.3 is 23.9 Å². The number of halogens is 1. The van der Waals surface area contributed by atoms with Crippen molar-refractivity contribution in [2.24, 2.45) is 0 Å². The summed E-state index contributed by atoms with van der Waals surface area (Å²) < 4.78 is 30.8. The molecule has 0 unspecified atom stereocenters. The number of ether oxygens (including phenoxy) is 5. The first kappa shape index (κ1) is 38.6. The Bertz CT molecular complexity index is 2950. The van der Waals surface area contributed by atoms with Gasteiger partial charge in [-0.25, -0.2) is 19.2 Å². The summed E-state index contributed by atoms with van der Waals surface area (Å²) in [6.07, 6.45) is -5.45. The van der Waals surface area contributed by atoms with Crippen molar-refractivity contribution in [2.45, 2.75) is 29.4 Å². The van der Waals surface area contributed by atoms with Crippen LogP contribution in [0.3, 0.4) is 0 Å². The number of carbonyl (C=O) groups excluding carboxylic acids is 4. The van der Waals surface area contributed by atoms with Crippen molar-refractivity contribution < 1.29 is 42.9 Å². The van der Waals surface area contributed by atoms with Crippen molar-refractivity contribution in [1.82, 2.24) is 0 Å². The lowest BCUT2D eigenvalue weighted by atomic mass is 9.98. The Hall–Kier alpha value is -6.88. The first-order chi connectivity index (χ1) is 29.3. The summed E-state index contributed by atoms with van der Waals surface area (Å²) in [5.41, 5.74) is 0.964.